The van der Waals surface area contributed by atoms with Crippen LogP contribution in [-0.4, -0.2) is 37.5 Å². The van der Waals surface area contributed by atoms with Crippen LogP contribution in [0.25, 0.3) is 6.08 Å². The van der Waals surface area contributed by atoms with E-state index in [0.717, 1.165) is 17.3 Å². The predicted octanol–water partition coefficient (Wildman–Crippen LogP) is 2.78. The molecular formula is C21H20N4O5S2. The van der Waals surface area contributed by atoms with Gasteiger partial charge in [-0.3, -0.25) is 19.3 Å². The normalized spacial score (nSPS) is 11.4. The Kier molecular flexibility index (Phi) is 7.01. The zero-order valence-corrected chi connectivity index (χ0v) is 18.8. The minimum absolute atomic E-state index is 0.00946. The molecule has 0 aliphatic rings. The summed E-state index contributed by atoms with van der Waals surface area (Å²) in [6.45, 7) is 0. The van der Waals surface area contributed by atoms with Gasteiger partial charge in [0.25, 0.3) is 15.6 Å². The van der Waals surface area contributed by atoms with Crippen molar-refractivity contribution in [2.75, 3.05) is 23.8 Å². The maximum Gasteiger partial charge on any atom is 0.278 e. The fourth-order valence-electron chi connectivity index (χ4n) is 2.73. The van der Waals surface area contributed by atoms with Crippen LogP contribution in [0.4, 0.5) is 11.5 Å². The monoisotopic (exact) mass is 472 g/mol. The van der Waals surface area contributed by atoms with E-state index in [9.17, 15) is 18.0 Å². The van der Waals surface area contributed by atoms with Crippen LogP contribution < -0.4 is 20.8 Å². The number of benzene rings is 2. The molecule has 3 aromatic rings. The fourth-order valence-corrected chi connectivity index (χ4v) is 4.38. The number of sulfonamides is 1. The Morgan fingerprint density at radius 1 is 1.22 bits per heavy atom. The lowest BCUT2D eigenvalue weighted by molar-refractivity contribution is 0.104. The molecule has 0 spiro atoms. The number of nitrogens with zero attached hydrogens (tertiary/aromatic N) is 1. The first kappa shape index (κ1) is 23.1. The standard InChI is InChI=1S/C21H20N4O5S2/c1-30-16-11-9-14(15(26)10-8-13-6-4-3-5-7-13)12-17(16)32(28,29)25-18-19(22)23-21(31-2)24-20(18)27/h3-12,25H,1-2H3,(H3,22,23,24,27)/b10-8+. The van der Waals surface area contributed by atoms with Gasteiger partial charge in [-0.1, -0.05) is 48.2 Å². The van der Waals surface area contributed by atoms with Gasteiger partial charge in [-0.25, -0.2) is 13.4 Å². The number of ketones is 1. The molecule has 0 unspecified atom stereocenters. The highest BCUT2D eigenvalue weighted by Crippen LogP contribution is 2.28. The van der Waals surface area contributed by atoms with E-state index in [2.05, 4.69) is 14.7 Å². The first-order valence-electron chi connectivity index (χ1n) is 9.17. The van der Waals surface area contributed by atoms with Crippen molar-refractivity contribution in [3.8, 4) is 5.75 Å². The molecule has 4 N–H and O–H groups in total. The lowest BCUT2D eigenvalue weighted by Gasteiger charge is -2.13. The molecule has 166 valence electrons. The Labute approximate surface area is 188 Å². The number of carbonyl (C=O) groups excluding carboxylic acids is 1. The summed E-state index contributed by atoms with van der Waals surface area (Å²) in [5, 5.41) is 0.242. The van der Waals surface area contributed by atoms with E-state index < -0.39 is 27.1 Å². The SMILES string of the molecule is COc1ccc(C(=O)/C=C/c2ccccc2)cc1S(=O)(=O)Nc1c(N)nc(SC)[nH]c1=O. The summed E-state index contributed by atoms with van der Waals surface area (Å²) < 4.78 is 33.4. The average Bonchev–Trinajstić information content (AvgIpc) is 2.79. The van der Waals surface area contributed by atoms with Gasteiger partial charge in [0, 0.05) is 5.56 Å². The summed E-state index contributed by atoms with van der Waals surface area (Å²) in [6, 6.07) is 13.2. The number of rotatable bonds is 8. The van der Waals surface area contributed by atoms with Crippen molar-refractivity contribution in [2.24, 2.45) is 0 Å². The van der Waals surface area contributed by atoms with Gasteiger partial charge in [-0.05, 0) is 36.1 Å². The summed E-state index contributed by atoms with van der Waals surface area (Å²) in [5.41, 5.74) is 5.53. The summed E-state index contributed by atoms with van der Waals surface area (Å²) in [6.07, 6.45) is 4.65. The maximum atomic E-state index is 13.0. The van der Waals surface area contributed by atoms with Crippen LogP contribution in [-0.2, 0) is 10.0 Å². The molecule has 0 bridgehead atoms. The molecule has 0 fully saturated rings. The number of hydrogen-bond acceptors (Lipinski definition) is 8. The van der Waals surface area contributed by atoms with Crippen LogP contribution in [0.15, 0.2) is 69.5 Å². The molecule has 9 nitrogen and oxygen atoms in total. The quantitative estimate of drug-likeness (QED) is 0.196. The number of nitrogens with two attached hydrogens (primary N) is 1. The molecule has 0 aliphatic heterocycles. The predicted molar refractivity (Wildman–Crippen MR) is 125 cm³/mol. The third kappa shape index (κ3) is 5.18. The van der Waals surface area contributed by atoms with E-state index in [0.29, 0.717) is 0 Å². The molecule has 0 aliphatic carbocycles. The van der Waals surface area contributed by atoms with E-state index in [1.54, 1.807) is 12.3 Å². The Morgan fingerprint density at radius 2 is 1.94 bits per heavy atom. The van der Waals surface area contributed by atoms with Crippen molar-refractivity contribution >= 4 is 45.1 Å². The summed E-state index contributed by atoms with van der Waals surface area (Å²) in [7, 11) is -3.05. The van der Waals surface area contributed by atoms with Crippen LogP contribution in [0, 0.1) is 0 Å². The number of allylic oxidation sites excluding steroid dienone is 1. The highest BCUT2D eigenvalue weighted by atomic mass is 32.2. The van der Waals surface area contributed by atoms with Gasteiger partial charge >= 0.3 is 0 Å². The molecule has 0 radical (unpaired) electrons. The van der Waals surface area contributed by atoms with Gasteiger partial charge in [0.05, 0.1) is 7.11 Å². The maximum absolute atomic E-state index is 13.0. The number of nitrogens with one attached hydrogen (secondary N) is 2. The molecule has 0 atom stereocenters. The Morgan fingerprint density at radius 3 is 2.56 bits per heavy atom. The first-order chi connectivity index (χ1) is 15.2. The van der Waals surface area contributed by atoms with Gasteiger partial charge in [0.2, 0.25) is 0 Å². The van der Waals surface area contributed by atoms with Gasteiger partial charge in [0.1, 0.15) is 10.6 Å². The molecule has 0 saturated carbocycles. The van der Waals surface area contributed by atoms with Crippen molar-refractivity contribution in [1.82, 2.24) is 9.97 Å². The van der Waals surface area contributed by atoms with Gasteiger partial charge in [-0.2, -0.15) is 0 Å². The van der Waals surface area contributed by atoms with Crippen molar-refractivity contribution in [1.29, 1.82) is 0 Å². The number of hydrogen-bond donors (Lipinski definition) is 3. The minimum Gasteiger partial charge on any atom is -0.495 e. The zero-order chi connectivity index (χ0) is 23.3. The van der Waals surface area contributed by atoms with E-state index in [1.807, 2.05) is 30.3 Å². The Hall–Kier alpha value is -3.57. The summed E-state index contributed by atoms with van der Waals surface area (Å²) in [4.78, 5) is 30.9. The average molecular weight is 473 g/mol. The van der Waals surface area contributed by atoms with Crippen LogP contribution in [0.3, 0.4) is 0 Å². The molecule has 2 aromatic carbocycles. The number of nitrogen functional groups attached to an aromatic ring is 1. The highest BCUT2D eigenvalue weighted by Gasteiger charge is 2.24. The molecule has 0 amide bonds. The third-order valence-corrected chi connectivity index (χ3v) is 6.27. The smallest absolute Gasteiger partial charge is 0.278 e. The van der Waals surface area contributed by atoms with Crippen molar-refractivity contribution in [2.45, 2.75) is 10.1 Å². The number of thioether (sulfide) groups is 1. The number of methoxy groups -OCH3 is 1. The van der Waals surface area contributed by atoms with Crippen LogP contribution >= 0.6 is 11.8 Å². The van der Waals surface area contributed by atoms with E-state index >= 15 is 0 Å². The second kappa shape index (κ2) is 9.71. The van der Waals surface area contributed by atoms with Crippen molar-refractivity contribution in [3.63, 3.8) is 0 Å². The minimum atomic E-state index is -4.34. The summed E-state index contributed by atoms with van der Waals surface area (Å²) in [5.74, 6) is -0.695. The lowest BCUT2D eigenvalue weighted by Crippen LogP contribution is -2.23. The van der Waals surface area contributed by atoms with Gasteiger partial charge in [0.15, 0.2) is 22.4 Å². The van der Waals surface area contributed by atoms with E-state index in [-0.39, 0.29) is 27.2 Å². The van der Waals surface area contributed by atoms with Crippen molar-refractivity contribution in [3.05, 3.63) is 76.1 Å². The fraction of sp³-hybridized carbons (Fsp3) is 0.0952. The van der Waals surface area contributed by atoms with Crippen molar-refractivity contribution < 1.29 is 17.9 Å². The second-order valence-electron chi connectivity index (χ2n) is 6.41. The number of H-pyrrole nitrogens is 1. The van der Waals surface area contributed by atoms with Gasteiger partial charge in [-0.15, -0.1) is 0 Å². The number of anilines is 2. The molecule has 1 heterocycles. The largest absolute Gasteiger partial charge is 0.495 e. The molecular weight excluding hydrogens is 452 g/mol. The highest BCUT2D eigenvalue weighted by molar-refractivity contribution is 7.98. The summed E-state index contributed by atoms with van der Waals surface area (Å²) >= 11 is 1.15. The molecule has 32 heavy (non-hydrogen) atoms. The Balaban J connectivity index is 1.97. The first-order valence-corrected chi connectivity index (χ1v) is 11.9. The molecule has 3 rings (SSSR count). The topological polar surface area (TPSA) is 144 Å². The third-order valence-electron chi connectivity index (χ3n) is 4.32. The number of carbonyl (C=O) groups is 1. The van der Waals surface area contributed by atoms with Crippen LogP contribution in [0.2, 0.25) is 0 Å². The lowest BCUT2D eigenvalue weighted by atomic mass is 10.1. The zero-order valence-electron chi connectivity index (χ0n) is 17.2. The number of aromatic nitrogens is 2. The van der Waals surface area contributed by atoms with E-state index in [4.69, 9.17) is 10.5 Å². The van der Waals surface area contributed by atoms with Crippen LogP contribution in [0.5, 0.6) is 5.75 Å². The van der Waals surface area contributed by atoms with E-state index in [1.165, 1.54) is 31.4 Å². The molecule has 11 heteroatoms. The second-order valence-corrected chi connectivity index (χ2v) is 8.86. The van der Waals surface area contributed by atoms with Gasteiger partial charge < -0.3 is 10.5 Å². The number of aromatic amines is 1. The Bertz CT molecular complexity index is 1340. The molecule has 1 aromatic heterocycles. The number of ether oxygens (including phenoxy) is 1. The van der Waals surface area contributed by atoms with Crippen LogP contribution in [0.1, 0.15) is 15.9 Å². The molecule has 0 saturated heterocycles.